The molecule has 4 aromatic rings. The lowest BCUT2D eigenvalue weighted by atomic mass is 9.95. The Balaban J connectivity index is 1.50. The van der Waals surface area contributed by atoms with Crippen molar-refractivity contribution in [2.24, 2.45) is 0 Å². The van der Waals surface area contributed by atoms with E-state index >= 15 is 0 Å². The molecule has 1 aromatic heterocycles. The van der Waals surface area contributed by atoms with Gasteiger partial charge in [-0.15, -0.1) is 5.10 Å². The molecule has 7 nitrogen and oxygen atoms in total. The van der Waals surface area contributed by atoms with Gasteiger partial charge >= 0.3 is 0 Å². The Kier molecular flexibility index (Phi) is 7.56. The maximum atomic E-state index is 13.6. The number of carbonyl (C=O) groups excluding carboxylic acids is 1. The molecular weight excluding hydrogens is 482 g/mol. The quantitative estimate of drug-likeness (QED) is 0.257. The van der Waals surface area contributed by atoms with Crippen molar-refractivity contribution in [3.63, 3.8) is 0 Å². The van der Waals surface area contributed by atoms with Crippen molar-refractivity contribution < 1.29 is 9.53 Å². The van der Waals surface area contributed by atoms with E-state index < -0.39 is 6.04 Å². The molecule has 2 heterocycles. The topological polar surface area (TPSA) is 81.1 Å². The summed E-state index contributed by atoms with van der Waals surface area (Å²) in [5.74, 6) is 1.93. The third-order valence-electron chi connectivity index (χ3n) is 5.97. The van der Waals surface area contributed by atoms with Crippen LogP contribution in [0.15, 0.2) is 101 Å². The number of anilines is 2. The Labute approximate surface area is 221 Å². The van der Waals surface area contributed by atoms with E-state index in [0.717, 1.165) is 34.9 Å². The second kappa shape index (κ2) is 11.3. The van der Waals surface area contributed by atoms with Gasteiger partial charge in [0.2, 0.25) is 11.1 Å². The number of aromatic nitrogens is 3. The van der Waals surface area contributed by atoms with Crippen LogP contribution in [0.3, 0.4) is 0 Å². The summed E-state index contributed by atoms with van der Waals surface area (Å²) in [5.41, 5.74) is 4.14. The van der Waals surface area contributed by atoms with Crippen LogP contribution in [0.1, 0.15) is 37.4 Å². The summed E-state index contributed by atoms with van der Waals surface area (Å²) < 4.78 is 7.71. The minimum atomic E-state index is -0.469. The number of nitrogens with one attached hydrogen (secondary N) is 2. The molecule has 0 spiro atoms. The Hall–Kier alpha value is -4.04. The highest BCUT2D eigenvalue weighted by atomic mass is 32.2. The number of carbonyl (C=O) groups is 1. The number of thioether (sulfide) groups is 1. The lowest BCUT2D eigenvalue weighted by Gasteiger charge is -2.29. The largest absolute Gasteiger partial charge is 0.494 e. The number of fused-ring (bicyclic) bond motifs is 1. The molecular formula is C29H29N5O2S. The summed E-state index contributed by atoms with van der Waals surface area (Å²) in [5, 5.41) is 11.8. The molecule has 0 aliphatic carbocycles. The van der Waals surface area contributed by atoms with Gasteiger partial charge in [-0.1, -0.05) is 79.3 Å². The summed E-state index contributed by atoms with van der Waals surface area (Å²) in [4.78, 5) is 18.4. The second-order valence-corrected chi connectivity index (χ2v) is 9.69. The fraction of sp³-hybridized carbons (Fsp3) is 0.207. The molecule has 3 aromatic carbocycles. The number of rotatable bonds is 9. The molecule has 2 N–H and O–H groups in total. The smallest absolute Gasteiger partial charge is 0.255 e. The number of hydrogen-bond acceptors (Lipinski definition) is 6. The van der Waals surface area contributed by atoms with Crippen LogP contribution in [0, 0.1) is 0 Å². The third kappa shape index (κ3) is 5.70. The van der Waals surface area contributed by atoms with Gasteiger partial charge in [-0.2, -0.15) is 4.98 Å². The third-order valence-corrected chi connectivity index (χ3v) is 6.88. The van der Waals surface area contributed by atoms with E-state index in [1.165, 1.54) is 5.56 Å². The van der Waals surface area contributed by atoms with Gasteiger partial charge in [-0.3, -0.25) is 4.79 Å². The Morgan fingerprint density at radius 2 is 1.81 bits per heavy atom. The highest BCUT2D eigenvalue weighted by Crippen LogP contribution is 2.38. The van der Waals surface area contributed by atoms with Gasteiger partial charge in [0.1, 0.15) is 11.8 Å². The predicted molar refractivity (Wildman–Crippen MR) is 148 cm³/mol. The molecule has 5 rings (SSSR count). The van der Waals surface area contributed by atoms with Gasteiger partial charge in [-0.25, -0.2) is 4.68 Å². The average molecular weight is 512 g/mol. The Bertz CT molecular complexity index is 1400. The Morgan fingerprint density at radius 1 is 1.05 bits per heavy atom. The molecule has 1 atom stereocenters. The van der Waals surface area contributed by atoms with E-state index in [1.54, 1.807) is 16.4 Å². The van der Waals surface area contributed by atoms with Crippen LogP contribution in [0.4, 0.5) is 11.6 Å². The van der Waals surface area contributed by atoms with Gasteiger partial charge in [0.15, 0.2) is 0 Å². The molecule has 0 radical (unpaired) electrons. The number of allylic oxidation sites excluding steroid dienone is 1. The van der Waals surface area contributed by atoms with Crippen LogP contribution in [0.2, 0.25) is 0 Å². The first kappa shape index (κ1) is 24.6. The normalized spacial score (nSPS) is 14.6. The van der Waals surface area contributed by atoms with Gasteiger partial charge in [-0.05, 0) is 48.7 Å². The van der Waals surface area contributed by atoms with Crippen molar-refractivity contribution >= 4 is 29.3 Å². The summed E-state index contributed by atoms with van der Waals surface area (Å²) >= 11 is 1.57. The first-order valence-electron chi connectivity index (χ1n) is 12.3. The molecule has 8 heteroatoms. The number of amides is 1. The van der Waals surface area contributed by atoms with Crippen molar-refractivity contribution in [3.8, 4) is 5.75 Å². The maximum absolute atomic E-state index is 13.6. The minimum absolute atomic E-state index is 0.194. The number of hydrogen-bond donors (Lipinski definition) is 2. The van der Waals surface area contributed by atoms with Crippen molar-refractivity contribution in [1.29, 1.82) is 0 Å². The molecule has 1 aliphatic rings. The number of para-hydroxylation sites is 1. The van der Waals surface area contributed by atoms with E-state index in [1.807, 2.05) is 79.7 Å². The summed E-state index contributed by atoms with van der Waals surface area (Å²) in [7, 11) is 0. The van der Waals surface area contributed by atoms with E-state index in [-0.39, 0.29) is 5.91 Å². The van der Waals surface area contributed by atoms with Crippen LogP contribution in [0.25, 0.3) is 0 Å². The van der Waals surface area contributed by atoms with Crippen molar-refractivity contribution in [1.82, 2.24) is 14.8 Å². The van der Waals surface area contributed by atoms with Crippen LogP contribution in [-0.4, -0.2) is 27.3 Å². The summed E-state index contributed by atoms with van der Waals surface area (Å²) in [6.45, 7) is 4.60. The summed E-state index contributed by atoms with van der Waals surface area (Å²) in [6, 6.07) is 27.1. The standard InChI is InChI=1S/C29H29N5O2S/c1-3-17-36-24-16-10-13-22(18-24)26-25(27(35)31-23-14-8-5-9-15-23)20(2)30-28-32-29(33-34(26)28)37-19-21-11-6-4-7-12-21/h4-16,18,26H,3,17,19H2,1-2H3,(H,31,35)(H,30,32,33). The van der Waals surface area contributed by atoms with E-state index in [2.05, 4.69) is 29.7 Å². The van der Waals surface area contributed by atoms with Gasteiger partial charge in [0.25, 0.3) is 5.91 Å². The zero-order valence-corrected chi connectivity index (χ0v) is 21.7. The van der Waals surface area contributed by atoms with Crippen LogP contribution < -0.4 is 15.4 Å². The van der Waals surface area contributed by atoms with E-state index in [4.69, 9.17) is 14.8 Å². The van der Waals surface area contributed by atoms with Crippen molar-refractivity contribution in [3.05, 3.63) is 107 Å². The number of benzene rings is 3. The highest BCUT2D eigenvalue weighted by molar-refractivity contribution is 7.98. The molecule has 0 fully saturated rings. The maximum Gasteiger partial charge on any atom is 0.255 e. The lowest BCUT2D eigenvalue weighted by molar-refractivity contribution is -0.113. The first-order chi connectivity index (χ1) is 18.1. The van der Waals surface area contributed by atoms with Gasteiger partial charge in [0.05, 0.1) is 12.2 Å². The zero-order valence-electron chi connectivity index (χ0n) is 20.8. The monoisotopic (exact) mass is 511 g/mol. The molecule has 0 saturated carbocycles. The molecule has 0 bridgehead atoms. The first-order valence-corrected chi connectivity index (χ1v) is 13.3. The Morgan fingerprint density at radius 3 is 2.57 bits per heavy atom. The average Bonchev–Trinajstić information content (AvgIpc) is 3.33. The van der Waals surface area contributed by atoms with Crippen LogP contribution >= 0.6 is 11.8 Å². The molecule has 37 heavy (non-hydrogen) atoms. The molecule has 1 amide bonds. The van der Waals surface area contributed by atoms with E-state index in [0.29, 0.717) is 23.3 Å². The van der Waals surface area contributed by atoms with Crippen molar-refractivity contribution in [2.45, 2.75) is 37.2 Å². The van der Waals surface area contributed by atoms with Crippen molar-refractivity contribution in [2.75, 3.05) is 17.2 Å². The molecule has 0 saturated heterocycles. The van der Waals surface area contributed by atoms with E-state index in [9.17, 15) is 4.79 Å². The fourth-order valence-corrected chi connectivity index (χ4v) is 5.02. The van der Waals surface area contributed by atoms with Gasteiger partial charge < -0.3 is 15.4 Å². The fourth-order valence-electron chi connectivity index (χ4n) is 4.23. The minimum Gasteiger partial charge on any atom is -0.494 e. The molecule has 1 aliphatic heterocycles. The zero-order chi connectivity index (χ0) is 25.6. The molecule has 1 unspecified atom stereocenters. The predicted octanol–water partition coefficient (Wildman–Crippen LogP) is 6.29. The lowest BCUT2D eigenvalue weighted by Crippen LogP contribution is -2.31. The molecule has 188 valence electrons. The van der Waals surface area contributed by atoms with Gasteiger partial charge in [0, 0.05) is 17.1 Å². The number of ether oxygens (including phenoxy) is 1. The highest BCUT2D eigenvalue weighted by Gasteiger charge is 2.34. The number of nitrogens with zero attached hydrogens (tertiary/aromatic N) is 3. The SMILES string of the molecule is CCCOc1cccc(C2C(C(=O)Nc3ccccc3)=C(C)Nc3nc(SCc4ccccc4)nn32)c1. The van der Waals surface area contributed by atoms with Crippen LogP contribution in [-0.2, 0) is 10.5 Å². The summed E-state index contributed by atoms with van der Waals surface area (Å²) in [6.07, 6.45) is 0.913. The van der Waals surface area contributed by atoms with Crippen LogP contribution in [0.5, 0.6) is 5.75 Å². The second-order valence-electron chi connectivity index (χ2n) is 8.74.